The first kappa shape index (κ1) is 15.2. The number of likely N-dealkylation sites (N-methyl/N-ethyl adjacent to an activating group) is 1. The topological polar surface area (TPSA) is 41.1 Å². The van der Waals surface area contributed by atoms with E-state index in [9.17, 15) is 9.18 Å². The number of halogens is 3. The molecule has 1 rings (SSSR count). The van der Waals surface area contributed by atoms with Crippen molar-refractivity contribution in [1.29, 1.82) is 0 Å². The highest BCUT2D eigenvalue weighted by Gasteiger charge is 2.12. The zero-order chi connectivity index (χ0) is 11.3. The van der Waals surface area contributed by atoms with Gasteiger partial charge in [-0.15, -0.1) is 12.4 Å². The quantitative estimate of drug-likeness (QED) is 0.817. The fourth-order valence-corrected chi connectivity index (χ4v) is 1.25. The summed E-state index contributed by atoms with van der Waals surface area (Å²) in [6.45, 7) is 1.08. The van der Waals surface area contributed by atoms with Gasteiger partial charge in [-0.05, 0) is 19.2 Å². The summed E-state index contributed by atoms with van der Waals surface area (Å²) >= 11 is 5.55. The minimum atomic E-state index is -0.680. The van der Waals surface area contributed by atoms with E-state index in [4.69, 9.17) is 11.6 Å². The molecule has 0 aromatic heterocycles. The van der Waals surface area contributed by atoms with Crippen molar-refractivity contribution in [1.82, 2.24) is 10.6 Å². The number of benzene rings is 1. The van der Waals surface area contributed by atoms with Gasteiger partial charge < -0.3 is 10.6 Å². The van der Waals surface area contributed by atoms with Gasteiger partial charge in [0.2, 0.25) is 0 Å². The van der Waals surface area contributed by atoms with E-state index < -0.39 is 11.7 Å². The number of carbonyl (C=O) groups is 1. The van der Waals surface area contributed by atoms with Crippen LogP contribution in [0.1, 0.15) is 10.4 Å². The minimum absolute atomic E-state index is 0. The Labute approximate surface area is 105 Å². The number of carbonyl (C=O) groups excluding carboxylic acids is 1. The molecule has 0 heterocycles. The molecule has 2 N–H and O–H groups in total. The van der Waals surface area contributed by atoms with Crippen molar-refractivity contribution < 1.29 is 9.18 Å². The van der Waals surface area contributed by atoms with Crippen LogP contribution >= 0.6 is 24.0 Å². The molecule has 0 saturated carbocycles. The molecule has 1 amide bonds. The first-order valence-electron chi connectivity index (χ1n) is 4.53. The van der Waals surface area contributed by atoms with Crippen LogP contribution in [0.3, 0.4) is 0 Å². The third-order valence-corrected chi connectivity index (χ3v) is 2.15. The molecule has 0 saturated heterocycles. The molecule has 16 heavy (non-hydrogen) atoms. The van der Waals surface area contributed by atoms with E-state index >= 15 is 0 Å². The summed E-state index contributed by atoms with van der Waals surface area (Å²) in [5.41, 5.74) is -0.0291. The van der Waals surface area contributed by atoms with E-state index in [2.05, 4.69) is 10.6 Å². The predicted octanol–water partition coefficient (Wildman–Crippen LogP) is 1.85. The molecule has 0 spiro atoms. The summed E-state index contributed by atoms with van der Waals surface area (Å²) in [5, 5.41) is 5.39. The SMILES string of the molecule is CNCCNC(=O)c1cccc(Cl)c1F.Cl. The third-order valence-electron chi connectivity index (χ3n) is 1.86. The second-order valence-electron chi connectivity index (χ2n) is 2.96. The summed E-state index contributed by atoms with van der Waals surface area (Å²) in [6.07, 6.45) is 0. The number of nitrogens with one attached hydrogen (secondary N) is 2. The summed E-state index contributed by atoms with van der Waals surface area (Å²) in [6, 6.07) is 4.34. The van der Waals surface area contributed by atoms with E-state index in [-0.39, 0.29) is 23.0 Å². The largest absolute Gasteiger partial charge is 0.351 e. The second-order valence-corrected chi connectivity index (χ2v) is 3.37. The number of amides is 1. The van der Waals surface area contributed by atoms with Crippen LogP contribution < -0.4 is 10.6 Å². The predicted molar refractivity (Wildman–Crippen MR) is 64.9 cm³/mol. The van der Waals surface area contributed by atoms with Gasteiger partial charge in [-0.1, -0.05) is 17.7 Å². The van der Waals surface area contributed by atoms with Crippen LogP contribution in [0.5, 0.6) is 0 Å². The van der Waals surface area contributed by atoms with Crippen LogP contribution in [-0.2, 0) is 0 Å². The zero-order valence-electron chi connectivity index (χ0n) is 8.72. The molecule has 0 atom stereocenters. The molecule has 1 aromatic rings. The molecule has 0 radical (unpaired) electrons. The van der Waals surface area contributed by atoms with Crippen LogP contribution in [0.2, 0.25) is 5.02 Å². The maximum Gasteiger partial charge on any atom is 0.254 e. The number of hydrogen-bond acceptors (Lipinski definition) is 2. The van der Waals surface area contributed by atoms with Crippen LogP contribution in [0.4, 0.5) is 4.39 Å². The Morgan fingerprint density at radius 1 is 1.44 bits per heavy atom. The van der Waals surface area contributed by atoms with Crippen molar-refractivity contribution in [3.8, 4) is 0 Å². The summed E-state index contributed by atoms with van der Waals surface area (Å²) in [5.74, 6) is -1.13. The lowest BCUT2D eigenvalue weighted by molar-refractivity contribution is 0.0950. The molecule has 0 unspecified atom stereocenters. The molecule has 1 aromatic carbocycles. The van der Waals surface area contributed by atoms with Crippen molar-refractivity contribution in [3.63, 3.8) is 0 Å². The monoisotopic (exact) mass is 266 g/mol. The highest BCUT2D eigenvalue weighted by Crippen LogP contribution is 2.17. The van der Waals surface area contributed by atoms with Gasteiger partial charge in [0.15, 0.2) is 5.82 Å². The van der Waals surface area contributed by atoms with Crippen molar-refractivity contribution in [3.05, 3.63) is 34.6 Å². The first-order chi connectivity index (χ1) is 7.16. The van der Waals surface area contributed by atoms with Gasteiger partial charge in [0, 0.05) is 13.1 Å². The number of rotatable bonds is 4. The Morgan fingerprint density at radius 2 is 2.12 bits per heavy atom. The lowest BCUT2D eigenvalue weighted by Gasteiger charge is -2.06. The maximum atomic E-state index is 13.4. The van der Waals surface area contributed by atoms with Crippen molar-refractivity contribution in [2.75, 3.05) is 20.1 Å². The lowest BCUT2D eigenvalue weighted by Crippen LogP contribution is -2.30. The molecule has 0 aliphatic rings. The smallest absolute Gasteiger partial charge is 0.254 e. The highest BCUT2D eigenvalue weighted by atomic mass is 35.5. The normalized spacial score (nSPS) is 9.44. The average Bonchev–Trinajstić information content (AvgIpc) is 2.22. The van der Waals surface area contributed by atoms with Crippen LogP contribution in [0.25, 0.3) is 0 Å². The van der Waals surface area contributed by atoms with Gasteiger partial charge >= 0.3 is 0 Å². The van der Waals surface area contributed by atoms with Crippen molar-refractivity contribution >= 4 is 29.9 Å². The molecule has 0 aliphatic carbocycles. The van der Waals surface area contributed by atoms with Crippen LogP contribution in [0.15, 0.2) is 18.2 Å². The van der Waals surface area contributed by atoms with Crippen LogP contribution in [-0.4, -0.2) is 26.0 Å². The Morgan fingerprint density at radius 3 is 2.75 bits per heavy atom. The summed E-state index contributed by atoms with van der Waals surface area (Å²) in [7, 11) is 1.77. The minimum Gasteiger partial charge on any atom is -0.351 e. The molecular weight excluding hydrogens is 254 g/mol. The van der Waals surface area contributed by atoms with E-state index in [0.29, 0.717) is 13.1 Å². The Hall–Kier alpha value is -0.840. The Bertz CT molecular complexity index is 361. The zero-order valence-corrected chi connectivity index (χ0v) is 10.3. The summed E-state index contributed by atoms with van der Waals surface area (Å²) < 4.78 is 13.4. The molecule has 0 bridgehead atoms. The van der Waals surface area contributed by atoms with E-state index in [1.165, 1.54) is 12.1 Å². The molecule has 3 nitrogen and oxygen atoms in total. The van der Waals surface area contributed by atoms with Gasteiger partial charge in [0.25, 0.3) is 5.91 Å². The first-order valence-corrected chi connectivity index (χ1v) is 4.91. The number of hydrogen-bond donors (Lipinski definition) is 2. The van der Waals surface area contributed by atoms with Gasteiger partial charge in [-0.3, -0.25) is 4.79 Å². The van der Waals surface area contributed by atoms with Gasteiger partial charge in [0.1, 0.15) is 0 Å². The van der Waals surface area contributed by atoms with E-state index in [0.717, 1.165) is 0 Å². The second kappa shape index (κ2) is 7.44. The van der Waals surface area contributed by atoms with E-state index in [1.54, 1.807) is 13.1 Å². The fourth-order valence-electron chi connectivity index (χ4n) is 1.08. The van der Waals surface area contributed by atoms with Crippen molar-refractivity contribution in [2.24, 2.45) is 0 Å². The molecule has 90 valence electrons. The Balaban J connectivity index is 0.00000225. The van der Waals surface area contributed by atoms with Crippen LogP contribution in [0, 0.1) is 5.82 Å². The standard InChI is InChI=1S/C10H12ClFN2O.ClH/c1-13-5-6-14-10(15)7-3-2-4-8(11)9(7)12;/h2-4,13H,5-6H2,1H3,(H,14,15);1H. The maximum absolute atomic E-state index is 13.4. The average molecular weight is 267 g/mol. The lowest BCUT2D eigenvalue weighted by atomic mass is 10.2. The third kappa shape index (κ3) is 3.96. The molecule has 6 heteroatoms. The highest BCUT2D eigenvalue weighted by molar-refractivity contribution is 6.31. The molecule has 0 aliphatic heterocycles. The fraction of sp³-hybridized carbons (Fsp3) is 0.300. The van der Waals surface area contributed by atoms with Crippen molar-refractivity contribution in [2.45, 2.75) is 0 Å². The molecular formula is C10H13Cl2FN2O. The van der Waals surface area contributed by atoms with Gasteiger partial charge in [-0.25, -0.2) is 4.39 Å². The van der Waals surface area contributed by atoms with Gasteiger partial charge in [-0.2, -0.15) is 0 Å². The van der Waals surface area contributed by atoms with Gasteiger partial charge in [0.05, 0.1) is 10.6 Å². The van der Waals surface area contributed by atoms with E-state index in [1.807, 2.05) is 0 Å². The summed E-state index contributed by atoms with van der Waals surface area (Å²) in [4.78, 5) is 11.5. The Kier molecular flexibility index (Phi) is 7.05. The molecule has 0 fully saturated rings.